The van der Waals surface area contributed by atoms with Gasteiger partial charge in [-0.3, -0.25) is 14.2 Å². The molecule has 0 aliphatic carbocycles. The van der Waals surface area contributed by atoms with Crippen LogP contribution in [-0.4, -0.2) is 70.0 Å². The smallest absolute Gasteiger partial charge is 0.306 e. The lowest BCUT2D eigenvalue weighted by molar-refractivity contribution is -0.870. The van der Waals surface area contributed by atoms with E-state index < -0.39 is 32.5 Å². The third-order valence-electron chi connectivity index (χ3n) is 7.91. The zero-order chi connectivity index (χ0) is 36.5. The highest BCUT2D eigenvalue weighted by atomic mass is 31.2. The van der Waals surface area contributed by atoms with E-state index in [9.17, 15) is 19.0 Å². The largest absolute Gasteiger partial charge is 0.756 e. The van der Waals surface area contributed by atoms with Crippen molar-refractivity contribution in [2.24, 2.45) is 0 Å². The van der Waals surface area contributed by atoms with Gasteiger partial charge in [0.1, 0.15) is 19.8 Å². The number of esters is 2. The number of phosphoric acid groups is 1. The minimum absolute atomic E-state index is 0.0397. The lowest BCUT2D eigenvalue weighted by atomic mass is 10.1. The zero-order valence-electron chi connectivity index (χ0n) is 31.9. The summed E-state index contributed by atoms with van der Waals surface area (Å²) < 4.78 is 33.6. The second-order valence-electron chi connectivity index (χ2n) is 13.9. The number of carbonyl (C=O) groups is 2. The lowest BCUT2D eigenvalue weighted by Crippen LogP contribution is -2.37. The predicted octanol–water partition coefficient (Wildman–Crippen LogP) is 9.55. The number of allylic oxidation sites excluding steroid dienone is 6. The highest BCUT2D eigenvalue weighted by molar-refractivity contribution is 7.45. The molecule has 0 aromatic rings. The van der Waals surface area contributed by atoms with E-state index in [1.54, 1.807) is 0 Å². The van der Waals surface area contributed by atoms with E-state index in [0.717, 1.165) is 38.5 Å². The lowest BCUT2D eigenvalue weighted by Gasteiger charge is -2.28. The monoisotopic (exact) mass is 713 g/mol. The molecule has 0 saturated heterocycles. The number of ether oxygens (including phenoxy) is 2. The molecule has 49 heavy (non-hydrogen) atoms. The average molecular weight is 714 g/mol. The Balaban J connectivity index is 4.50. The summed E-state index contributed by atoms with van der Waals surface area (Å²) in [5, 5.41) is 0. The van der Waals surface area contributed by atoms with E-state index in [-0.39, 0.29) is 26.1 Å². The predicted molar refractivity (Wildman–Crippen MR) is 199 cm³/mol. The van der Waals surface area contributed by atoms with E-state index in [4.69, 9.17) is 18.5 Å². The molecule has 0 heterocycles. The van der Waals surface area contributed by atoms with Crippen LogP contribution < -0.4 is 4.89 Å². The van der Waals surface area contributed by atoms with Crippen molar-refractivity contribution in [3.05, 3.63) is 36.5 Å². The van der Waals surface area contributed by atoms with Crippen LogP contribution in [0, 0.1) is 0 Å². The first-order valence-corrected chi connectivity index (χ1v) is 20.7. The van der Waals surface area contributed by atoms with Crippen LogP contribution in [0.25, 0.3) is 0 Å². The van der Waals surface area contributed by atoms with Crippen molar-refractivity contribution in [1.82, 2.24) is 0 Å². The first kappa shape index (κ1) is 47.2. The van der Waals surface area contributed by atoms with Crippen LogP contribution >= 0.6 is 7.82 Å². The summed E-state index contributed by atoms with van der Waals surface area (Å²) >= 11 is 0. The summed E-state index contributed by atoms with van der Waals surface area (Å²) in [7, 11) is 1.13. The Morgan fingerprint density at radius 3 is 1.69 bits per heavy atom. The van der Waals surface area contributed by atoms with Crippen molar-refractivity contribution in [2.75, 3.05) is 47.5 Å². The molecular formula is C39H72NO8P. The zero-order valence-corrected chi connectivity index (χ0v) is 32.8. The Bertz CT molecular complexity index is 944. The first-order chi connectivity index (χ1) is 23.5. The van der Waals surface area contributed by atoms with Crippen LogP contribution in [0.5, 0.6) is 0 Å². The number of carbonyl (C=O) groups excluding carboxylic acids is 2. The molecule has 0 aliphatic rings. The molecule has 9 nitrogen and oxygen atoms in total. The quantitative estimate of drug-likeness (QED) is 0.0213. The number of rotatable bonds is 34. The van der Waals surface area contributed by atoms with Gasteiger partial charge < -0.3 is 27.9 Å². The van der Waals surface area contributed by atoms with E-state index in [1.165, 1.54) is 70.6 Å². The summed E-state index contributed by atoms with van der Waals surface area (Å²) in [4.78, 5) is 37.2. The van der Waals surface area contributed by atoms with Gasteiger partial charge in [-0.05, 0) is 44.9 Å². The molecule has 0 bridgehead atoms. The maximum Gasteiger partial charge on any atom is 0.306 e. The van der Waals surface area contributed by atoms with Crippen LogP contribution in [0.4, 0.5) is 0 Å². The molecule has 0 saturated carbocycles. The van der Waals surface area contributed by atoms with Gasteiger partial charge in [0, 0.05) is 12.8 Å². The van der Waals surface area contributed by atoms with Gasteiger partial charge in [-0.15, -0.1) is 0 Å². The molecule has 0 aliphatic heterocycles. The highest BCUT2D eigenvalue weighted by Gasteiger charge is 2.21. The van der Waals surface area contributed by atoms with E-state index >= 15 is 0 Å². The van der Waals surface area contributed by atoms with E-state index in [1.807, 2.05) is 27.2 Å². The number of quaternary nitrogens is 1. The summed E-state index contributed by atoms with van der Waals surface area (Å²) in [6.07, 6.45) is 33.4. The standard InChI is InChI=1S/C39H72NO8P/c1-6-8-10-12-14-16-17-18-19-20-21-22-23-24-26-28-30-32-39(42)48-37(36-47-49(43,44)46-34-33-40(3,4)5)35-45-38(41)31-29-27-25-15-13-11-9-7-2/h18-19,21-22,24,26,37H,6-17,20,23,25,27-36H2,1-5H3/b19-18+,22-21+,26-24+/t37-/m1/s1. The van der Waals surface area contributed by atoms with Gasteiger partial charge in [0.2, 0.25) is 0 Å². The SMILES string of the molecule is CCCCCCCC/C=C/C/C=C/C/C=C/CCCC(=O)O[C@H](COC(=O)CCCCCCCCCC)COP(=O)([O-])OCC[N+](C)(C)C. The molecule has 2 atom stereocenters. The number of nitrogens with zero attached hydrogens (tertiary/aromatic N) is 1. The van der Waals surface area contributed by atoms with Gasteiger partial charge in [0.15, 0.2) is 6.10 Å². The van der Waals surface area contributed by atoms with Crippen molar-refractivity contribution in [3.8, 4) is 0 Å². The second-order valence-corrected chi connectivity index (χ2v) is 15.4. The highest BCUT2D eigenvalue weighted by Crippen LogP contribution is 2.38. The Hall–Kier alpha value is -1.77. The topological polar surface area (TPSA) is 111 Å². The fraction of sp³-hybridized carbons (Fsp3) is 0.795. The molecule has 0 amide bonds. The molecule has 1 unspecified atom stereocenters. The van der Waals surface area contributed by atoms with E-state index in [2.05, 4.69) is 44.2 Å². The van der Waals surface area contributed by atoms with Gasteiger partial charge in [0.25, 0.3) is 7.82 Å². The third kappa shape index (κ3) is 35.8. The normalized spacial score (nSPS) is 14.2. The molecule has 0 aromatic carbocycles. The van der Waals surface area contributed by atoms with Crippen molar-refractivity contribution < 1.29 is 42.1 Å². The minimum Gasteiger partial charge on any atom is -0.756 e. The number of hydrogen-bond donors (Lipinski definition) is 0. The van der Waals surface area contributed by atoms with Crippen LogP contribution in [-0.2, 0) is 32.7 Å². The molecule has 0 spiro atoms. The molecule has 0 fully saturated rings. The summed E-state index contributed by atoms with van der Waals surface area (Å²) in [5.41, 5.74) is 0. The Kier molecular flexibility index (Phi) is 31.0. The van der Waals surface area contributed by atoms with Crippen LogP contribution in [0.15, 0.2) is 36.5 Å². The van der Waals surface area contributed by atoms with Gasteiger partial charge in [-0.25, -0.2) is 0 Å². The maximum atomic E-state index is 12.6. The van der Waals surface area contributed by atoms with Gasteiger partial charge in [0.05, 0.1) is 27.7 Å². The number of hydrogen-bond acceptors (Lipinski definition) is 8. The molecular weight excluding hydrogens is 641 g/mol. The fourth-order valence-corrected chi connectivity index (χ4v) is 5.57. The van der Waals surface area contributed by atoms with Gasteiger partial charge >= 0.3 is 11.9 Å². The summed E-state index contributed by atoms with van der Waals surface area (Å²) in [6, 6.07) is 0. The number of likely N-dealkylation sites (N-methyl/N-ethyl adjacent to an activating group) is 1. The van der Waals surface area contributed by atoms with Crippen LogP contribution in [0.3, 0.4) is 0 Å². The molecule has 0 rings (SSSR count). The average Bonchev–Trinajstić information content (AvgIpc) is 3.04. The van der Waals surface area contributed by atoms with E-state index in [0.29, 0.717) is 23.9 Å². The molecule has 10 heteroatoms. The van der Waals surface area contributed by atoms with Gasteiger partial charge in [-0.2, -0.15) is 0 Å². The fourth-order valence-electron chi connectivity index (χ4n) is 4.84. The van der Waals surface area contributed by atoms with Crippen molar-refractivity contribution in [2.45, 2.75) is 155 Å². The summed E-state index contributed by atoms with van der Waals surface area (Å²) in [6.45, 7) is 4.10. The Morgan fingerprint density at radius 2 is 1.12 bits per heavy atom. The third-order valence-corrected chi connectivity index (χ3v) is 8.88. The van der Waals surface area contributed by atoms with Crippen LogP contribution in [0.2, 0.25) is 0 Å². The minimum atomic E-state index is -4.63. The Labute approximate surface area is 300 Å². The van der Waals surface area contributed by atoms with Crippen LogP contribution in [0.1, 0.15) is 149 Å². The number of phosphoric ester groups is 1. The Morgan fingerprint density at radius 1 is 0.633 bits per heavy atom. The number of unbranched alkanes of at least 4 members (excludes halogenated alkanes) is 14. The first-order valence-electron chi connectivity index (χ1n) is 19.2. The molecule has 0 radical (unpaired) electrons. The molecule has 0 N–H and O–H groups in total. The van der Waals surface area contributed by atoms with Crippen molar-refractivity contribution >= 4 is 19.8 Å². The second kappa shape index (κ2) is 32.2. The van der Waals surface area contributed by atoms with Gasteiger partial charge in [-0.1, -0.05) is 127 Å². The molecule has 0 aromatic heterocycles. The molecule has 286 valence electrons. The summed E-state index contributed by atoms with van der Waals surface area (Å²) in [5.74, 6) is -0.902. The van der Waals surface area contributed by atoms with Crippen molar-refractivity contribution in [1.29, 1.82) is 0 Å². The van der Waals surface area contributed by atoms with Crippen molar-refractivity contribution in [3.63, 3.8) is 0 Å². The maximum absolute atomic E-state index is 12.6.